The minimum Gasteiger partial charge on any atom is -0.491 e. The molecule has 0 spiro atoms. The van der Waals surface area contributed by atoms with Gasteiger partial charge in [-0.15, -0.1) is 0 Å². The maximum absolute atomic E-state index is 14.6. The maximum Gasteiger partial charge on any atom is 0.201 e. The van der Waals surface area contributed by atoms with Gasteiger partial charge in [-0.3, -0.25) is 0 Å². The minimum atomic E-state index is -1.01. The molecule has 0 bridgehead atoms. The van der Waals surface area contributed by atoms with Gasteiger partial charge in [0.2, 0.25) is 11.6 Å². The van der Waals surface area contributed by atoms with Gasteiger partial charge in [-0.1, -0.05) is 25.5 Å². The summed E-state index contributed by atoms with van der Waals surface area (Å²) in [5.41, 5.74) is 1.12. The molecule has 0 N–H and O–H groups in total. The number of rotatable bonds is 8. The van der Waals surface area contributed by atoms with Crippen LogP contribution in [0.15, 0.2) is 30.3 Å². The predicted molar refractivity (Wildman–Crippen MR) is 109 cm³/mol. The van der Waals surface area contributed by atoms with Crippen molar-refractivity contribution >= 4 is 5.57 Å². The Morgan fingerprint density at radius 2 is 1.57 bits per heavy atom. The molecule has 2 nitrogen and oxygen atoms in total. The molecule has 0 saturated carbocycles. The zero-order valence-electron chi connectivity index (χ0n) is 17.2. The highest BCUT2D eigenvalue weighted by molar-refractivity contribution is 5.68. The van der Waals surface area contributed by atoms with Crippen LogP contribution in [0.4, 0.5) is 17.6 Å². The van der Waals surface area contributed by atoms with Crippen LogP contribution in [0.5, 0.6) is 11.5 Å². The summed E-state index contributed by atoms with van der Waals surface area (Å²) < 4.78 is 68.0. The molecular formula is C24H26F4O2. The van der Waals surface area contributed by atoms with Crippen LogP contribution < -0.4 is 9.47 Å². The van der Waals surface area contributed by atoms with Crippen LogP contribution in [-0.4, -0.2) is 13.2 Å². The first-order chi connectivity index (χ1) is 14.5. The van der Waals surface area contributed by atoms with Gasteiger partial charge in [0.1, 0.15) is 0 Å². The van der Waals surface area contributed by atoms with E-state index in [1.54, 1.807) is 19.1 Å². The van der Waals surface area contributed by atoms with Crippen LogP contribution in [0.25, 0.3) is 5.57 Å². The first-order valence-corrected chi connectivity index (χ1v) is 10.4. The number of benzene rings is 2. The Balaban J connectivity index is 1.76. The zero-order chi connectivity index (χ0) is 21.7. The van der Waals surface area contributed by atoms with Crippen LogP contribution in [0, 0.1) is 23.3 Å². The molecule has 0 amide bonds. The van der Waals surface area contributed by atoms with E-state index in [1.165, 1.54) is 18.2 Å². The third kappa shape index (κ3) is 4.63. The van der Waals surface area contributed by atoms with Crippen molar-refractivity contribution < 1.29 is 27.0 Å². The number of hydrogen-bond acceptors (Lipinski definition) is 2. The smallest absolute Gasteiger partial charge is 0.201 e. The topological polar surface area (TPSA) is 18.5 Å². The molecular weight excluding hydrogens is 396 g/mol. The molecule has 2 aromatic rings. The highest BCUT2D eigenvalue weighted by atomic mass is 19.2. The molecule has 1 aliphatic rings. The van der Waals surface area contributed by atoms with E-state index in [0.29, 0.717) is 31.4 Å². The Morgan fingerprint density at radius 3 is 2.23 bits per heavy atom. The number of hydrogen-bond donors (Lipinski definition) is 0. The van der Waals surface area contributed by atoms with E-state index in [4.69, 9.17) is 9.47 Å². The van der Waals surface area contributed by atoms with Crippen LogP contribution in [0.2, 0.25) is 0 Å². The first-order valence-electron chi connectivity index (χ1n) is 10.4. The quantitative estimate of drug-likeness (QED) is 0.332. The SMILES string of the molecule is CCCCOc1ccc(C2CC=C(c3ccc(OCC)c(F)c3F)CC2)c(F)c1F. The van der Waals surface area contributed by atoms with E-state index < -0.39 is 23.3 Å². The largest absolute Gasteiger partial charge is 0.491 e. The molecule has 1 unspecified atom stereocenters. The first kappa shape index (κ1) is 22.2. The average Bonchev–Trinajstić information content (AvgIpc) is 2.75. The Kier molecular flexibility index (Phi) is 7.40. The van der Waals surface area contributed by atoms with Gasteiger partial charge >= 0.3 is 0 Å². The van der Waals surface area contributed by atoms with Gasteiger partial charge in [0.05, 0.1) is 13.2 Å². The Bertz CT molecular complexity index is 924. The number of unbranched alkanes of at least 4 members (excludes halogenated alkanes) is 1. The molecule has 3 rings (SSSR count). The number of ether oxygens (including phenoxy) is 2. The van der Waals surface area contributed by atoms with Gasteiger partial charge in [0, 0.05) is 5.56 Å². The van der Waals surface area contributed by atoms with E-state index in [9.17, 15) is 17.6 Å². The second kappa shape index (κ2) is 10.0. The molecule has 0 saturated heterocycles. The predicted octanol–water partition coefficient (Wildman–Crippen LogP) is 7.17. The van der Waals surface area contributed by atoms with Crippen molar-refractivity contribution in [2.75, 3.05) is 13.2 Å². The summed E-state index contributed by atoms with van der Waals surface area (Å²) in [5, 5.41) is 0. The van der Waals surface area contributed by atoms with E-state index in [-0.39, 0.29) is 35.2 Å². The third-order valence-electron chi connectivity index (χ3n) is 5.38. The van der Waals surface area contributed by atoms with E-state index in [1.807, 2.05) is 6.92 Å². The molecule has 0 fully saturated rings. The van der Waals surface area contributed by atoms with Gasteiger partial charge in [-0.05, 0) is 67.9 Å². The summed E-state index contributed by atoms with van der Waals surface area (Å²) in [4.78, 5) is 0. The second-order valence-corrected chi connectivity index (χ2v) is 7.36. The lowest BCUT2D eigenvalue weighted by molar-refractivity contribution is 0.287. The second-order valence-electron chi connectivity index (χ2n) is 7.36. The van der Waals surface area contributed by atoms with Gasteiger partial charge in [-0.2, -0.15) is 8.78 Å². The average molecular weight is 422 g/mol. The van der Waals surface area contributed by atoms with Crippen molar-refractivity contribution in [2.45, 2.75) is 51.9 Å². The Morgan fingerprint density at radius 1 is 0.867 bits per heavy atom. The minimum absolute atomic E-state index is 0.0799. The molecule has 0 heterocycles. The molecule has 6 heteroatoms. The number of halogens is 4. The lowest BCUT2D eigenvalue weighted by atomic mass is 9.82. The molecule has 1 aliphatic carbocycles. The van der Waals surface area contributed by atoms with Crippen molar-refractivity contribution in [1.82, 2.24) is 0 Å². The fourth-order valence-electron chi connectivity index (χ4n) is 3.71. The van der Waals surface area contributed by atoms with Gasteiger partial charge in [-0.25, -0.2) is 8.78 Å². The van der Waals surface area contributed by atoms with E-state index in [0.717, 1.165) is 12.8 Å². The van der Waals surface area contributed by atoms with E-state index >= 15 is 0 Å². The molecule has 0 radical (unpaired) electrons. The van der Waals surface area contributed by atoms with Gasteiger partial charge in [0.15, 0.2) is 23.1 Å². The van der Waals surface area contributed by atoms with Crippen LogP contribution in [0.1, 0.15) is 63.0 Å². The zero-order valence-corrected chi connectivity index (χ0v) is 17.2. The fraction of sp³-hybridized carbons (Fsp3) is 0.417. The highest BCUT2D eigenvalue weighted by Crippen LogP contribution is 2.40. The van der Waals surface area contributed by atoms with Gasteiger partial charge < -0.3 is 9.47 Å². The number of allylic oxidation sites excluding steroid dienone is 2. The summed E-state index contributed by atoms with van der Waals surface area (Å²) in [5.74, 6) is -4.26. The van der Waals surface area contributed by atoms with E-state index in [2.05, 4.69) is 0 Å². The lowest BCUT2D eigenvalue weighted by Gasteiger charge is -2.24. The Labute approximate surface area is 174 Å². The summed E-state index contributed by atoms with van der Waals surface area (Å²) in [7, 11) is 0. The van der Waals surface area contributed by atoms with Crippen molar-refractivity contribution in [3.63, 3.8) is 0 Å². The van der Waals surface area contributed by atoms with Crippen molar-refractivity contribution in [3.8, 4) is 11.5 Å². The molecule has 30 heavy (non-hydrogen) atoms. The molecule has 1 atom stereocenters. The monoisotopic (exact) mass is 422 g/mol. The van der Waals surface area contributed by atoms with Crippen molar-refractivity contribution in [2.24, 2.45) is 0 Å². The van der Waals surface area contributed by atoms with Gasteiger partial charge in [0.25, 0.3) is 0 Å². The molecule has 2 aromatic carbocycles. The summed E-state index contributed by atoms with van der Waals surface area (Å²) in [6, 6.07) is 5.93. The fourth-order valence-corrected chi connectivity index (χ4v) is 3.71. The molecule has 162 valence electrons. The molecule has 0 aliphatic heterocycles. The van der Waals surface area contributed by atoms with Crippen molar-refractivity contribution in [3.05, 3.63) is 64.7 Å². The third-order valence-corrected chi connectivity index (χ3v) is 5.38. The normalized spacial score (nSPS) is 16.3. The lowest BCUT2D eigenvalue weighted by Crippen LogP contribution is -2.10. The highest BCUT2D eigenvalue weighted by Gasteiger charge is 2.25. The summed E-state index contributed by atoms with van der Waals surface area (Å²) in [6.07, 6.45) is 4.79. The standard InChI is InChI=1S/C24H26F4O2/c1-3-5-14-30-20-13-11-18(22(26)24(20)28)16-8-6-15(7-9-16)17-10-12-19(29-4-2)23(27)21(17)25/h6,10-13,16H,3-5,7-9,14H2,1-2H3. The van der Waals surface area contributed by atoms with Crippen LogP contribution in [-0.2, 0) is 0 Å². The Hall–Kier alpha value is -2.50. The maximum atomic E-state index is 14.6. The van der Waals surface area contributed by atoms with Crippen LogP contribution in [0.3, 0.4) is 0 Å². The molecule has 0 aromatic heterocycles. The van der Waals surface area contributed by atoms with Crippen molar-refractivity contribution in [1.29, 1.82) is 0 Å². The summed E-state index contributed by atoms with van der Waals surface area (Å²) >= 11 is 0. The summed E-state index contributed by atoms with van der Waals surface area (Å²) in [6.45, 7) is 4.26. The van der Waals surface area contributed by atoms with Crippen LogP contribution >= 0.6 is 0 Å².